The Labute approximate surface area is 111 Å². The van der Waals surface area contributed by atoms with E-state index in [0.717, 1.165) is 16.7 Å². The third kappa shape index (κ3) is 4.13. The van der Waals surface area contributed by atoms with Crippen LogP contribution in [-0.2, 0) is 4.74 Å². The maximum Gasteiger partial charge on any atom is 0.251 e. The van der Waals surface area contributed by atoms with Crippen molar-refractivity contribution in [1.82, 2.24) is 5.32 Å². The SMILES string of the molecule is COCC(CBr)NC(=O)c1cc(C)ccc1C. The first-order valence-electron chi connectivity index (χ1n) is 5.51. The van der Waals surface area contributed by atoms with Gasteiger partial charge in [0.05, 0.1) is 12.6 Å². The predicted octanol–water partition coefficient (Wildman–Crippen LogP) is 2.44. The lowest BCUT2D eigenvalue weighted by molar-refractivity contribution is 0.0907. The molecule has 17 heavy (non-hydrogen) atoms. The van der Waals surface area contributed by atoms with Crippen LogP contribution in [0, 0.1) is 13.8 Å². The second-order valence-electron chi connectivity index (χ2n) is 4.10. The third-order valence-electron chi connectivity index (χ3n) is 2.53. The number of aryl methyl sites for hydroxylation is 2. The summed E-state index contributed by atoms with van der Waals surface area (Å²) in [5, 5.41) is 3.62. The minimum Gasteiger partial charge on any atom is -0.383 e. The molecule has 0 spiro atoms. The van der Waals surface area contributed by atoms with Gasteiger partial charge in [0.25, 0.3) is 5.91 Å². The minimum atomic E-state index is -0.0484. The van der Waals surface area contributed by atoms with Gasteiger partial charge < -0.3 is 10.1 Å². The average Bonchev–Trinajstić information content (AvgIpc) is 2.31. The van der Waals surface area contributed by atoms with Crippen molar-refractivity contribution in [3.8, 4) is 0 Å². The second kappa shape index (κ2) is 6.77. The molecule has 3 nitrogen and oxygen atoms in total. The molecular formula is C13H18BrNO2. The van der Waals surface area contributed by atoms with Crippen LogP contribution in [0.3, 0.4) is 0 Å². The van der Waals surface area contributed by atoms with E-state index in [1.807, 2.05) is 32.0 Å². The number of benzene rings is 1. The molecule has 0 bridgehead atoms. The van der Waals surface area contributed by atoms with E-state index in [-0.39, 0.29) is 11.9 Å². The van der Waals surface area contributed by atoms with Gasteiger partial charge in [-0.2, -0.15) is 0 Å². The molecule has 0 radical (unpaired) electrons. The number of hydrogen-bond acceptors (Lipinski definition) is 2. The van der Waals surface area contributed by atoms with E-state index < -0.39 is 0 Å². The predicted molar refractivity (Wildman–Crippen MR) is 72.8 cm³/mol. The minimum absolute atomic E-state index is 0.00703. The molecule has 0 aromatic heterocycles. The molecular weight excluding hydrogens is 282 g/mol. The Bertz CT molecular complexity index is 393. The lowest BCUT2D eigenvalue weighted by Crippen LogP contribution is -2.39. The molecule has 94 valence electrons. The van der Waals surface area contributed by atoms with E-state index in [1.54, 1.807) is 7.11 Å². The third-order valence-corrected chi connectivity index (χ3v) is 3.31. The number of carbonyl (C=O) groups is 1. The summed E-state index contributed by atoms with van der Waals surface area (Å²) < 4.78 is 5.04. The number of nitrogens with one attached hydrogen (secondary N) is 1. The summed E-state index contributed by atoms with van der Waals surface area (Å²) in [6, 6.07) is 5.86. The molecule has 0 heterocycles. The fraction of sp³-hybridized carbons (Fsp3) is 0.462. The lowest BCUT2D eigenvalue weighted by atomic mass is 10.0. The maximum absolute atomic E-state index is 12.1. The topological polar surface area (TPSA) is 38.3 Å². The quantitative estimate of drug-likeness (QED) is 0.848. The van der Waals surface area contributed by atoms with E-state index in [4.69, 9.17) is 4.74 Å². The van der Waals surface area contributed by atoms with Crippen molar-refractivity contribution >= 4 is 21.8 Å². The number of halogens is 1. The summed E-state index contributed by atoms with van der Waals surface area (Å²) in [6.07, 6.45) is 0. The molecule has 1 aromatic carbocycles. The summed E-state index contributed by atoms with van der Waals surface area (Å²) in [7, 11) is 1.62. The van der Waals surface area contributed by atoms with E-state index in [9.17, 15) is 4.79 Å². The van der Waals surface area contributed by atoms with E-state index >= 15 is 0 Å². The molecule has 1 N–H and O–H groups in total. The zero-order valence-corrected chi connectivity index (χ0v) is 12.0. The summed E-state index contributed by atoms with van der Waals surface area (Å²) in [4.78, 5) is 12.1. The van der Waals surface area contributed by atoms with E-state index in [2.05, 4.69) is 21.2 Å². The number of rotatable bonds is 5. The summed E-state index contributed by atoms with van der Waals surface area (Å²) >= 11 is 3.36. The normalized spacial score (nSPS) is 12.2. The van der Waals surface area contributed by atoms with Crippen LogP contribution in [0.5, 0.6) is 0 Å². The molecule has 0 fully saturated rings. The fourth-order valence-electron chi connectivity index (χ4n) is 1.57. The molecule has 0 saturated heterocycles. The average molecular weight is 300 g/mol. The van der Waals surface area contributed by atoms with Crippen LogP contribution < -0.4 is 5.32 Å². The largest absolute Gasteiger partial charge is 0.383 e. The highest BCUT2D eigenvalue weighted by Gasteiger charge is 2.14. The summed E-state index contributed by atoms with van der Waals surface area (Å²) in [6.45, 7) is 4.42. The molecule has 1 amide bonds. The molecule has 0 saturated carbocycles. The Hall–Kier alpha value is -0.870. The monoisotopic (exact) mass is 299 g/mol. The zero-order chi connectivity index (χ0) is 12.8. The van der Waals surface area contributed by atoms with Gasteiger partial charge in [0, 0.05) is 18.0 Å². The summed E-state index contributed by atoms with van der Waals surface area (Å²) in [5.41, 5.74) is 2.80. The molecule has 0 aliphatic heterocycles. The second-order valence-corrected chi connectivity index (χ2v) is 4.75. The smallest absolute Gasteiger partial charge is 0.251 e. The van der Waals surface area contributed by atoms with Crippen molar-refractivity contribution in [3.63, 3.8) is 0 Å². The Balaban J connectivity index is 2.78. The highest BCUT2D eigenvalue weighted by atomic mass is 79.9. The van der Waals surface area contributed by atoms with Gasteiger partial charge in [0.2, 0.25) is 0 Å². The first-order valence-corrected chi connectivity index (χ1v) is 6.63. The van der Waals surface area contributed by atoms with Crippen molar-refractivity contribution in [1.29, 1.82) is 0 Å². The van der Waals surface area contributed by atoms with Gasteiger partial charge in [-0.3, -0.25) is 4.79 Å². The molecule has 0 aliphatic rings. The Morgan fingerprint density at radius 1 is 1.47 bits per heavy atom. The van der Waals surface area contributed by atoms with Gasteiger partial charge in [-0.05, 0) is 25.5 Å². The molecule has 1 rings (SSSR count). The van der Waals surface area contributed by atoms with Crippen molar-refractivity contribution in [2.24, 2.45) is 0 Å². The van der Waals surface area contributed by atoms with Crippen molar-refractivity contribution < 1.29 is 9.53 Å². The number of carbonyl (C=O) groups excluding carboxylic acids is 1. The van der Waals surface area contributed by atoms with Gasteiger partial charge in [0.15, 0.2) is 0 Å². The van der Waals surface area contributed by atoms with Gasteiger partial charge in [-0.1, -0.05) is 33.6 Å². The Kier molecular flexibility index (Phi) is 5.65. The Morgan fingerprint density at radius 2 is 2.18 bits per heavy atom. The molecule has 1 unspecified atom stereocenters. The lowest BCUT2D eigenvalue weighted by Gasteiger charge is -2.16. The number of alkyl halides is 1. The van der Waals surface area contributed by atoms with Gasteiger partial charge >= 0.3 is 0 Å². The number of methoxy groups -OCH3 is 1. The van der Waals surface area contributed by atoms with Crippen LogP contribution in [0.25, 0.3) is 0 Å². The standard InChI is InChI=1S/C13H18BrNO2/c1-9-4-5-10(2)12(6-9)13(16)15-11(7-14)8-17-3/h4-6,11H,7-8H2,1-3H3,(H,15,16). The van der Waals surface area contributed by atoms with Crippen LogP contribution >= 0.6 is 15.9 Å². The zero-order valence-electron chi connectivity index (χ0n) is 10.4. The molecule has 1 aromatic rings. The maximum atomic E-state index is 12.1. The van der Waals surface area contributed by atoms with Gasteiger partial charge in [-0.25, -0.2) is 0 Å². The van der Waals surface area contributed by atoms with Crippen LogP contribution in [0.2, 0.25) is 0 Å². The molecule has 4 heteroatoms. The highest BCUT2D eigenvalue weighted by Crippen LogP contribution is 2.11. The number of ether oxygens (including phenoxy) is 1. The van der Waals surface area contributed by atoms with Crippen LogP contribution in [0.1, 0.15) is 21.5 Å². The van der Waals surface area contributed by atoms with Crippen molar-refractivity contribution in [2.75, 3.05) is 19.0 Å². The number of hydrogen-bond donors (Lipinski definition) is 1. The van der Waals surface area contributed by atoms with Crippen molar-refractivity contribution in [2.45, 2.75) is 19.9 Å². The van der Waals surface area contributed by atoms with E-state index in [0.29, 0.717) is 11.9 Å². The molecule has 1 atom stereocenters. The van der Waals surface area contributed by atoms with Crippen LogP contribution in [0.4, 0.5) is 0 Å². The van der Waals surface area contributed by atoms with Crippen molar-refractivity contribution in [3.05, 3.63) is 34.9 Å². The summed E-state index contributed by atoms with van der Waals surface area (Å²) in [5.74, 6) is -0.0484. The first-order chi connectivity index (χ1) is 8.08. The number of amides is 1. The molecule has 0 aliphatic carbocycles. The van der Waals surface area contributed by atoms with Gasteiger partial charge in [-0.15, -0.1) is 0 Å². The fourth-order valence-corrected chi connectivity index (χ4v) is 1.92. The van der Waals surface area contributed by atoms with Crippen LogP contribution in [0.15, 0.2) is 18.2 Å². The van der Waals surface area contributed by atoms with Gasteiger partial charge in [0.1, 0.15) is 0 Å². The highest BCUT2D eigenvalue weighted by molar-refractivity contribution is 9.09. The van der Waals surface area contributed by atoms with E-state index in [1.165, 1.54) is 0 Å². The Morgan fingerprint density at radius 3 is 2.76 bits per heavy atom. The first kappa shape index (κ1) is 14.2. The van der Waals surface area contributed by atoms with Crippen LogP contribution in [-0.4, -0.2) is 31.0 Å².